The molecule has 0 aliphatic rings. The molecule has 0 atom stereocenters. The predicted octanol–water partition coefficient (Wildman–Crippen LogP) is 4.29. The Kier molecular flexibility index (Phi) is 3.42. The van der Waals surface area contributed by atoms with Crippen molar-refractivity contribution in [2.45, 2.75) is 6.18 Å². The summed E-state index contributed by atoms with van der Waals surface area (Å²) in [7, 11) is 0. The number of thiophene rings is 1. The Morgan fingerprint density at radius 3 is 2.48 bits per heavy atom. The van der Waals surface area contributed by atoms with E-state index < -0.39 is 11.7 Å². The van der Waals surface area contributed by atoms with Gasteiger partial charge in [-0.05, 0) is 23.6 Å². The van der Waals surface area contributed by atoms with E-state index in [1.807, 2.05) is 17.5 Å². The van der Waals surface area contributed by atoms with Crippen LogP contribution in [0.4, 0.5) is 13.2 Å². The van der Waals surface area contributed by atoms with Gasteiger partial charge < -0.3 is 0 Å². The van der Waals surface area contributed by atoms with Crippen LogP contribution in [0.2, 0.25) is 0 Å². The Morgan fingerprint density at radius 1 is 0.952 bits per heavy atom. The van der Waals surface area contributed by atoms with Crippen LogP contribution in [0.25, 0.3) is 22.1 Å². The van der Waals surface area contributed by atoms with Crippen molar-refractivity contribution >= 4 is 11.3 Å². The zero-order chi connectivity index (χ0) is 14.9. The summed E-state index contributed by atoms with van der Waals surface area (Å²) in [4.78, 5) is 13.1. The molecule has 0 unspecified atom stereocenters. The third kappa shape index (κ3) is 2.92. The molecule has 0 N–H and O–H groups in total. The SMILES string of the molecule is FC(F)(F)c1cccc(-c2ncnc(-c3cccs3)n2)c1. The number of hydrogen-bond donors (Lipinski definition) is 0. The minimum atomic E-state index is -4.39. The van der Waals surface area contributed by atoms with E-state index in [9.17, 15) is 13.2 Å². The fourth-order valence-electron chi connectivity index (χ4n) is 1.79. The smallest absolute Gasteiger partial charge is 0.217 e. The quantitative estimate of drug-likeness (QED) is 0.709. The maximum atomic E-state index is 12.7. The summed E-state index contributed by atoms with van der Waals surface area (Å²) < 4.78 is 38.2. The second kappa shape index (κ2) is 5.25. The second-order valence-corrected chi connectivity index (χ2v) is 5.14. The van der Waals surface area contributed by atoms with Crippen molar-refractivity contribution in [2.24, 2.45) is 0 Å². The molecule has 2 heterocycles. The van der Waals surface area contributed by atoms with Gasteiger partial charge in [0.25, 0.3) is 0 Å². The highest BCUT2D eigenvalue weighted by atomic mass is 32.1. The van der Waals surface area contributed by atoms with Crippen LogP contribution in [0.15, 0.2) is 48.1 Å². The molecule has 3 nitrogen and oxygen atoms in total. The Morgan fingerprint density at radius 2 is 1.76 bits per heavy atom. The van der Waals surface area contributed by atoms with Crippen molar-refractivity contribution in [1.82, 2.24) is 15.0 Å². The summed E-state index contributed by atoms with van der Waals surface area (Å²) in [5.41, 5.74) is -0.414. The summed E-state index contributed by atoms with van der Waals surface area (Å²) in [6.45, 7) is 0. The molecule has 106 valence electrons. The van der Waals surface area contributed by atoms with Crippen LogP contribution < -0.4 is 0 Å². The van der Waals surface area contributed by atoms with Gasteiger partial charge in [-0.25, -0.2) is 15.0 Å². The van der Waals surface area contributed by atoms with Crippen molar-refractivity contribution in [3.05, 3.63) is 53.7 Å². The van der Waals surface area contributed by atoms with Gasteiger partial charge in [0.2, 0.25) is 0 Å². The highest BCUT2D eigenvalue weighted by molar-refractivity contribution is 7.13. The van der Waals surface area contributed by atoms with E-state index >= 15 is 0 Å². The number of halogens is 3. The Labute approximate surface area is 122 Å². The first kappa shape index (κ1) is 13.7. The van der Waals surface area contributed by atoms with Crippen LogP contribution in [0, 0.1) is 0 Å². The molecule has 1 aromatic carbocycles. The molecule has 0 amide bonds. The highest BCUT2D eigenvalue weighted by Gasteiger charge is 2.30. The molecule has 0 fully saturated rings. The summed E-state index contributed by atoms with van der Waals surface area (Å²) in [5.74, 6) is 0.673. The summed E-state index contributed by atoms with van der Waals surface area (Å²) in [6, 6.07) is 8.64. The van der Waals surface area contributed by atoms with E-state index in [2.05, 4.69) is 15.0 Å². The first-order chi connectivity index (χ1) is 10.0. The topological polar surface area (TPSA) is 38.7 Å². The number of rotatable bonds is 2. The molecule has 21 heavy (non-hydrogen) atoms. The minimum Gasteiger partial charge on any atom is -0.217 e. The Hall–Kier alpha value is -2.28. The van der Waals surface area contributed by atoms with E-state index in [1.54, 1.807) is 6.07 Å². The van der Waals surface area contributed by atoms with Crippen molar-refractivity contribution in [1.29, 1.82) is 0 Å². The third-order valence-electron chi connectivity index (χ3n) is 2.76. The lowest BCUT2D eigenvalue weighted by Gasteiger charge is -2.08. The van der Waals surface area contributed by atoms with Crippen LogP contribution in [0.3, 0.4) is 0 Å². The number of hydrogen-bond acceptors (Lipinski definition) is 4. The molecule has 0 aliphatic carbocycles. The number of alkyl halides is 3. The maximum Gasteiger partial charge on any atom is 0.416 e. The fourth-order valence-corrected chi connectivity index (χ4v) is 2.46. The van der Waals surface area contributed by atoms with Crippen molar-refractivity contribution in [2.75, 3.05) is 0 Å². The first-order valence-corrected chi connectivity index (χ1v) is 6.82. The average molecular weight is 307 g/mol. The minimum absolute atomic E-state index is 0.222. The summed E-state index contributed by atoms with van der Waals surface area (Å²) in [5, 5.41) is 1.88. The van der Waals surface area contributed by atoms with E-state index in [-0.39, 0.29) is 5.82 Å². The number of nitrogens with zero attached hydrogens (tertiary/aromatic N) is 3. The first-order valence-electron chi connectivity index (χ1n) is 5.94. The van der Waals surface area contributed by atoms with Crippen LogP contribution >= 0.6 is 11.3 Å². The summed E-state index contributed by atoms with van der Waals surface area (Å²) >= 11 is 1.45. The van der Waals surface area contributed by atoms with Crippen molar-refractivity contribution in [3.8, 4) is 22.1 Å². The lowest BCUT2D eigenvalue weighted by atomic mass is 10.1. The van der Waals surface area contributed by atoms with Gasteiger partial charge in [-0.1, -0.05) is 18.2 Å². The fraction of sp³-hybridized carbons (Fsp3) is 0.0714. The largest absolute Gasteiger partial charge is 0.416 e. The van der Waals surface area contributed by atoms with Gasteiger partial charge in [0, 0.05) is 5.56 Å². The van der Waals surface area contributed by atoms with E-state index in [4.69, 9.17) is 0 Å². The zero-order valence-electron chi connectivity index (χ0n) is 10.5. The van der Waals surface area contributed by atoms with Crippen LogP contribution in [0.5, 0.6) is 0 Å². The molecule has 0 spiro atoms. The maximum absolute atomic E-state index is 12.7. The van der Waals surface area contributed by atoms with Gasteiger partial charge in [-0.15, -0.1) is 11.3 Å². The molecule has 3 rings (SSSR count). The monoisotopic (exact) mass is 307 g/mol. The van der Waals surface area contributed by atoms with Gasteiger partial charge in [0.05, 0.1) is 10.4 Å². The molecule has 0 saturated carbocycles. The lowest BCUT2D eigenvalue weighted by molar-refractivity contribution is -0.137. The van der Waals surface area contributed by atoms with Crippen molar-refractivity contribution in [3.63, 3.8) is 0 Å². The molecule has 3 aromatic rings. The molecule has 0 aliphatic heterocycles. The Bertz CT molecular complexity index is 754. The van der Waals surface area contributed by atoms with Gasteiger partial charge in [-0.2, -0.15) is 13.2 Å². The number of benzene rings is 1. The lowest BCUT2D eigenvalue weighted by Crippen LogP contribution is -2.05. The summed E-state index contributed by atoms with van der Waals surface area (Å²) in [6.07, 6.45) is -3.09. The van der Waals surface area contributed by atoms with Crippen molar-refractivity contribution < 1.29 is 13.2 Å². The van der Waals surface area contributed by atoms with Gasteiger partial charge >= 0.3 is 6.18 Å². The number of aromatic nitrogens is 3. The van der Waals surface area contributed by atoms with Gasteiger partial charge in [-0.3, -0.25) is 0 Å². The van der Waals surface area contributed by atoms with Crippen LogP contribution in [0.1, 0.15) is 5.56 Å². The molecule has 7 heteroatoms. The van der Waals surface area contributed by atoms with Crippen LogP contribution in [-0.2, 0) is 6.18 Å². The van der Waals surface area contributed by atoms with Gasteiger partial charge in [0.15, 0.2) is 11.6 Å². The normalized spacial score (nSPS) is 11.6. The molecule has 0 saturated heterocycles. The van der Waals surface area contributed by atoms with E-state index in [0.717, 1.165) is 17.0 Å². The molecule has 2 aromatic heterocycles. The second-order valence-electron chi connectivity index (χ2n) is 4.19. The zero-order valence-corrected chi connectivity index (χ0v) is 11.3. The van der Waals surface area contributed by atoms with E-state index in [1.165, 1.54) is 23.7 Å². The van der Waals surface area contributed by atoms with E-state index in [0.29, 0.717) is 11.4 Å². The molecular formula is C14H8F3N3S. The predicted molar refractivity (Wildman–Crippen MR) is 73.6 cm³/mol. The van der Waals surface area contributed by atoms with Crippen LogP contribution in [-0.4, -0.2) is 15.0 Å². The molecule has 0 bridgehead atoms. The average Bonchev–Trinajstić information content (AvgIpc) is 3.01. The molecular weight excluding hydrogens is 299 g/mol. The Balaban J connectivity index is 2.03. The highest BCUT2D eigenvalue weighted by Crippen LogP contribution is 2.31. The molecule has 0 radical (unpaired) electrons. The third-order valence-corrected chi connectivity index (χ3v) is 3.63. The van der Waals surface area contributed by atoms with Gasteiger partial charge in [0.1, 0.15) is 6.33 Å². The standard InChI is InChI=1S/C14H8F3N3S/c15-14(16,17)10-4-1-3-9(7-10)12-18-8-19-13(20-12)11-5-2-6-21-11/h1-8H.